The second-order valence-corrected chi connectivity index (χ2v) is 23.9. The van der Waals surface area contributed by atoms with Crippen LogP contribution in [0.2, 0.25) is 0 Å². The van der Waals surface area contributed by atoms with E-state index in [0.717, 1.165) is 95.4 Å². The summed E-state index contributed by atoms with van der Waals surface area (Å²) >= 11 is 0. The van der Waals surface area contributed by atoms with Gasteiger partial charge in [-0.2, -0.15) is 0 Å². The van der Waals surface area contributed by atoms with Gasteiger partial charge in [0.25, 0.3) is 0 Å². The van der Waals surface area contributed by atoms with Crippen molar-refractivity contribution in [2.45, 2.75) is 247 Å². The lowest BCUT2D eigenvalue weighted by molar-refractivity contribution is -0.166. The minimum atomic E-state index is 0.426. The SMILES string of the molecule is CC1CCC(N(C2CCC(C)CC2)C2C3CCC(C(C)(C)C)CC3C(N(C3CCC(C)CC3)C3CCC(C)CC3)C3CCC(C(C)(C)C)CC32)CC1. The van der Waals surface area contributed by atoms with Gasteiger partial charge in [-0.25, -0.2) is 0 Å². The van der Waals surface area contributed by atoms with Crippen LogP contribution in [-0.2, 0) is 0 Å². The van der Waals surface area contributed by atoms with Crippen molar-refractivity contribution in [3.8, 4) is 0 Å². The van der Waals surface area contributed by atoms with Gasteiger partial charge in [-0.1, -0.05) is 69.2 Å². The van der Waals surface area contributed by atoms with E-state index in [0.29, 0.717) is 10.8 Å². The first kappa shape index (κ1) is 40.1. The predicted molar refractivity (Wildman–Crippen MR) is 224 cm³/mol. The van der Waals surface area contributed by atoms with E-state index in [4.69, 9.17) is 0 Å². The molecule has 0 saturated heterocycles. The maximum atomic E-state index is 3.47. The summed E-state index contributed by atoms with van der Waals surface area (Å²) in [6.07, 6.45) is 32.8. The zero-order valence-corrected chi connectivity index (χ0v) is 36.7. The van der Waals surface area contributed by atoms with E-state index in [1.807, 2.05) is 0 Å². The van der Waals surface area contributed by atoms with Crippen LogP contribution in [0.1, 0.15) is 210 Å². The summed E-state index contributed by atoms with van der Waals surface area (Å²) in [5, 5.41) is 0. The Bertz CT molecular complexity index is 966. The molecular weight excluding hydrogens is 629 g/mol. The Kier molecular flexibility index (Phi) is 12.7. The second-order valence-electron chi connectivity index (χ2n) is 23.9. The molecule has 8 atom stereocenters. The highest BCUT2D eigenvalue weighted by Gasteiger charge is 2.60. The van der Waals surface area contributed by atoms with Crippen LogP contribution >= 0.6 is 0 Å². The first-order valence-electron chi connectivity index (χ1n) is 24.2. The van der Waals surface area contributed by atoms with Crippen molar-refractivity contribution in [2.75, 3.05) is 0 Å². The maximum Gasteiger partial charge on any atom is 0.0164 e. The molecule has 7 saturated carbocycles. The lowest BCUT2D eigenvalue weighted by Gasteiger charge is -2.66. The Morgan fingerprint density at radius 1 is 0.308 bits per heavy atom. The minimum Gasteiger partial charge on any atom is -0.294 e. The monoisotopic (exact) mass is 719 g/mol. The van der Waals surface area contributed by atoms with Gasteiger partial charge in [0.2, 0.25) is 0 Å². The van der Waals surface area contributed by atoms with Gasteiger partial charge in [0.05, 0.1) is 0 Å². The van der Waals surface area contributed by atoms with Crippen LogP contribution in [0.5, 0.6) is 0 Å². The van der Waals surface area contributed by atoms with Gasteiger partial charge in [0.15, 0.2) is 0 Å². The van der Waals surface area contributed by atoms with E-state index in [-0.39, 0.29) is 0 Å². The van der Waals surface area contributed by atoms with Gasteiger partial charge >= 0.3 is 0 Å². The Hall–Kier alpha value is -0.0800. The van der Waals surface area contributed by atoms with Crippen molar-refractivity contribution in [3.63, 3.8) is 0 Å². The van der Waals surface area contributed by atoms with Gasteiger partial charge < -0.3 is 0 Å². The van der Waals surface area contributed by atoms with E-state index >= 15 is 0 Å². The van der Waals surface area contributed by atoms with Crippen LogP contribution in [0.15, 0.2) is 0 Å². The van der Waals surface area contributed by atoms with Crippen molar-refractivity contribution >= 4 is 0 Å². The molecule has 7 aliphatic carbocycles. The minimum absolute atomic E-state index is 0.426. The van der Waals surface area contributed by atoms with Gasteiger partial charge in [-0.3, -0.25) is 9.80 Å². The third-order valence-corrected chi connectivity index (χ3v) is 18.4. The zero-order valence-electron chi connectivity index (χ0n) is 36.7. The molecule has 0 spiro atoms. The molecule has 0 aromatic carbocycles. The fourth-order valence-corrected chi connectivity index (χ4v) is 14.9. The maximum absolute atomic E-state index is 3.47. The molecule has 0 aromatic heterocycles. The number of rotatable bonds is 6. The highest BCUT2D eigenvalue weighted by atomic mass is 15.3. The summed E-state index contributed by atoms with van der Waals surface area (Å²) in [5.41, 5.74) is 0.853. The van der Waals surface area contributed by atoms with Crippen LogP contribution in [0.4, 0.5) is 0 Å². The highest BCUT2D eigenvalue weighted by molar-refractivity contribution is 5.12. The van der Waals surface area contributed by atoms with Crippen molar-refractivity contribution in [1.82, 2.24) is 9.80 Å². The molecule has 0 amide bonds. The quantitative estimate of drug-likeness (QED) is 0.270. The Morgan fingerprint density at radius 3 is 0.788 bits per heavy atom. The molecule has 0 aromatic rings. The average Bonchev–Trinajstić information content (AvgIpc) is 3.11. The van der Waals surface area contributed by atoms with Crippen LogP contribution in [-0.4, -0.2) is 46.1 Å². The van der Waals surface area contributed by atoms with Crippen LogP contribution in [0.3, 0.4) is 0 Å². The first-order chi connectivity index (χ1) is 24.7. The fraction of sp³-hybridized carbons (Fsp3) is 1.00. The largest absolute Gasteiger partial charge is 0.294 e. The fourth-order valence-electron chi connectivity index (χ4n) is 14.9. The van der Waals surface area contributed by atoms with Crippen LogP contribution in [0.25, 0.3) is 0 Å². The van der Waals surface area contributed by atoms with E-state index in [1.165, 1.54) is 141 Å². The van der Waals surface area contributed by atoms with E-state index in [1.54, 1.807) is 0 Å². The molecule has 0 N–H and O–H groups in total. The van der Waals surface area contributed by atoms with Crippen LogP contribution < -0.4 is 0 Å². The molecule has 7 aliphatic rings. The van der Waals surface area contributed by atoms with Gasteiger partial charge in [0.1, 0.15) is 0 Å². The molecule has 300 valence electrons. The molecule has 0 aliphatic heterocycles. The lowest BCUT2D eigenvalue weighted by Crippen LogP contribution is -2.70. The summed E-state index contributed by atoms with van der Waals surface area (Å²) in [7, 11) is 0. The molecule has 0 radical (unpaired) electrons. The first-order valence-corrected chi connectivity index (χ1v) is 24.2. The summed E-state index contributed by atoms with van der Waals surface area (Å²) in [5.74, 6) is 9.16. The number of hydrogen-bond donors (Lipinski definition) is 0. The normalized spacial score (nSPS) is 46.8. The lowest BCUT2D eigenvalue weighted by atomic mass is 9.49. The Morgan fingerprint density at radius 2 is 0.558 bits per heavy atom. The summed E-state index contributed by atoms with van der Waals surface area (Å²) < 4.78 is 0. The molecule has 7 fully saturated rings. The molecule has 8 unspecified atom stereocenters. The van der Waals surface area contributed by atoms with Gasteiger partial charge in [-0.15, -0.1) is 0 Å². The Balaban J connectivity index is 1.34. The number of nitrogens with zero attached hydrogens (tertiary/aromatic N) is 2. The Labute approximate surface area is 325 Å². The molecular formula is C50H90N2. The molecule has 52 heavy (non-hydrogen) atoms. The van der Waals surface area contributed by atoms with Gasteiger partial charge in [-0.05, 0) is 211 Å². The highest BCUT2D eigenvalue weighted by Crippen LogP contribution is 2.60. The van der Waals surface area contributed by atoms with Gasteiger partial charge in [0, 0.05) is 36.3 Å². The van der Waals surface area contributed by atoms with E-state index < -0.39 is 0 Å². The van der Waals surface area contributed by atoms with Crippen molar-refractivity contribution < 1.29 is 0 Å². The topological polar surface area (TPSA) is 6.48 Å². The average molecular weight is 719 g/mol. The summed E-state index contributed by atoms with van der Waals surface area (Å²) in [4.78, 5) is 6.95. The van der Waals surface area contributed by atoms with Crippen LogP contribution in [0, 0.1) is 70.0 Å². The van der Waals surface area contributed by atoms with E-state index in [2.05, 4.69) is 79.0 Å². The number of hydrogen-bond acceptors (Lipinski definition) is 2. The zero-order chi connectivity index (χ0) is 36.9. The van der Waals surface area contributed by atoms with E-state index in [9.17, 15) is 0 Å². The second kappa shape index (κ2) is 16.4. The number of fused-ring (bicyclic) bond motifs is 2. The predicted octanol–water partition coefficient (Wildman–Crippen LogP) is 13.8. The molecule has 2 nitrogen and oxygen atoms in total. The molecule has 2 heteroatoms. The summed E-state index contributed by atoms with van der Waals surface area (Å²) in [6.45, 7) is 26.0. The smallest absolute Gasteiger partial charge is 0.0164 e. The van der Waals surface area contributed by atoms with Crippen molar-refractivity contribution in [1.29, 1.82) is 0 Å². The molecule has 0 heterocycles. The molecule has 0 bridgehead atoms. The molecule has 7 rings (SSSR count). The third-order valence-electron chi connectivity index (χ3n) is 18.4. The third kappa shape index (κ3) is 8.59. The van der Waals surface area contributed by atoms with Crippen molar-refractivity contribution in [2.24, 2.45) is 70.0 Å². The van der Waals surface area contributed by atoms with Crippen molar-refractivity contribution in [3.05, 3.63) is 0 Å². The standard InChI is InChI=1S/C50H90N2/c1-33-11-21-39(22-12-33)51(40-23-13-34(2)14-24-40)47-43-29-19-38(50(8,9)10)32-46(43)48(44-30-20-37(31-45(44)47)49(5,6)7)52(41-25-15-35(3)16-26-41)42-27-17-36(4)18-28-42/h33-48H,11-32H2,1-10H3. The summed E-state index contributed by atoms with van der Waals surface area (Å²) in [6, 6.07) is 5.08.